The lowest BCUT2D eigenvalue weighted by Gasteiger charge is -2.06. The summed E-state index contributed by atoms with van der Waals surface area (Å²) in [7, 11) is 0. The first-order chi connectivity index (χ1) is 7.68. The van der Waals surface area contributed by atoms with Gasteiger partial charge in [-0.3, -0.25) is 4.79 Å². The van der Waals surface area contributed by atoms with Crippen LogP contribution >= 0.6 is 0 Å². The molecule has 2 rings (SSSR count). The Balaban J connectivity index is 1.85. The van der Waals surface area contributed by atoms with Crippen molar-refractivity contribution < 1.29 is 9.90 Å². The fraction of sp³-hybridized carbons (Fsp3) is 0.462. The molecule has 0 radical (unpaired) electrons. The van der Waals surface area contributed by atoms with Crippen molar-refractivity contribution in [2.75, 3.05) is 6.54 Å². The Morgan fingerprint density at radius 1 is 1.50 bits per heavy atom. The maximum absolute atomic E-state index is 11.7. The average Bonchev–Trinajstić information content (AvgIpc) is 3.07. The van der Waals surface area contributed by atoms with Crippen LogP contribution in [0, 0.1) is 5.92 Å². The molecule has 1 amide bonds. The molecule has 1 aromatic rings. The zero-order valence-electron chi connectivity index (χ0n) is 9.39. The van der Waals surface area contributed by atoms with E-state index in [0.717, 1.165) is 6.42 Å². The van der Waals surface area contributed by atoms with Crippen LogP contribution in [0.2, 0.25) is 0 Å². The molecule has 0 spiro atoms. The fourth-order valence-electron chi connectivity index (χ4n) is 1.93. The summed E-state index contributed by atoms with van der Waals surface area (Å²) in [6, 6.07) is 10.1. The third kappa shape index (κ3) is 2.61. The van der Waals surface area contributed by atoms with E-state index in [0.29, 0.717) is 12.5 Å². The summed E-state index contributed by atoms with van der Waals surface area (Å²) in [5.41, 5.74) is 1.24. The molecule has 1 fully saturated rings. The summed E-state index contributed by atoms with van der Waals surface area (Å²) in [5, 5.41) is 11.8. The Bertz CT molecular complexity index is 361. The fourth-order valence-corrected chi connectivity index (χ4v) is 1.93. The van der Waals surface area contributed by atoms with E-state index in [1.807, 2.05) is 18.2 Å². The van der Waals surface area contributed by atoms with Gasteiger partial charge in [0.05, 0.1) is 6.10 Å². The normalized spacial score (nSPS) is 24.9. The van der Waals surface area contributed by atoms with Crippen LogP contribution < -0.4 is 5.32 Å². The zero-order valence-corrected chi connectivity index (χ0v) is 9.39. The smallest absolute Gasteiger partial charge is 0.223 e. The Kier molecular flexibility index (Phi) is 3.25. The number of aliphatic hydroxyl groups excluding tert-OH is 1. The molecule has 2 N–H and O–H groups in total. The van der Waals surface area contributed by atoms with Crippen molar-refractivity contribution in [1.29, 1.82) is 0 Å². The van der Waals surface area contributed by atoms with Crippen molar-refractivity contribution >= 4 is 5.91 Å². The standard InChI is InChI=1S/C13H17NO2/c1-9(15)8-14-13(16)12-7-11(12)10-5-3-2-4-6-10/h2-6,9,11-12,15H,7-8H2,1H3,(H,14,16). The number of rotatable bonds is 4. The molecule has 3 unspecified atom stereocenters. The topological polar surface area (TPSA) is 49.3 Å². The summed E-state index contributed by atoms with van der Waals surface area (Å²) in [6.45, 7) is 2.01. The highest BCUT2D eigenvalue weighted by Crippen LogP contribution is 2.47. The molecule has 16 heavy (non-hydrogen) atoms. The number of carbonyl (C=O) groups is 1. The molecule has 0 aliphatic heterocycles. The van der Waals surface area contributed by atoms with Crippen molar-refractivity contribution in [3.8, 4) is 0 Å². The second-order valence-corrected chi connectivity index (χ2v) is 4.45. The van der Waals surface area contributed by atoms with Gasteiger partial charge in [-0.25, -0.2) is 0 Å². The van der Waals surface area contributed by atoms with Gasteiger partial charge in [-0.2, -0.15) is 0 Å². The molecule has 1 aliphatic rings. The van der Waals surface area contributed by atoms with E-state index in [2.05, 4.69) is 17.4 Å². The van der Waals surface area contributed by atoms with E-state index >= 15 is 0 Å². The van der Waals surface area contributed by atoms with Gasteiger partial charge in [-0.15, -0.1) is 0 Å². The van der Waals surface area contributed by atoms with Crippen LogP contribution in [0.5, 0.6) is 0 Å². The first-order valence-electron chi connectivity index (χ1n) is 5.69. The van der Waals surface area contributed by atoms with Crippen LogP contribution in [0.15, 0.2) is 30.3 Å². The molecule has 3 nitrogen and oxygen atoms in total. The van der Waals surface area contributed by atoms with Crippen molar-refractivity contribution in [1.82, 2.24) is 5.32 Å². The van der Waals surface area contributed by atoms with Crippen LogP contribution in [-0.4, -0.2) is 23.7 Å². The lowest BCUT2D eigenvalue weighted by atomic mass is 10.1. The highest BCUT2D eigenvalue weighted by atomic mass is 16.3. The second kappa shape index (κ2) is 4.66. The molecule has 1 saturated carbocycles. The first kappa shape index (κ1) is 11.1. The van der Waals surface area contributed by atoms with E-state index in [9.17, 15) is 4.79 Å². The SMILES string of the molecule is CC(O)CNC(=O)C1CC1c1ccccc1. The number of hydrogen-bond donors (Lipinski definition) is 2. The number of aliphatic hydroxyl groups is 1. The number of nitrogens with one attached hydrogen (secondary N) is 1. The van der Waals surface area contributed by atoms with Crippen molar-refractivity contribution in [2.45, 2.75) is 25.4 Å². The molecule has 0 aromatic heterocycles. The van der Waals surface area contributed by atoms with Gasteiger partial charge in [0, 0.05) is 12.5 Å². The molecule has 0 heterocycles. The van der Waals surface area contributed by atoms with E-state index in [-0.39, 0.29) is 11.8 Å². The van der Waals surface area contributed by atoms with Gasteiger partial charge in [0.2, 0.25) is 5.91 Å². The molecule has 3 atom stereocenters. The first-order valence-corrected chi connectivity index (χ1v) is 5.69. The molecule has 1 aliphatic carbocycles. The third-order valence-electron chi connectivity index (χ3n) is 2.93. The molecule has 3 heteroatoms. The number of benzene rings is 1. The molecular formula is C13H17NO2. The highest BCUT2D eigenvalue weighted by molar-refractivity contribution is 5.82. The van der Waals surface area contributed by atoms with Crippen LogP contribution in [0.4, 0.5) is 0 Å². The van der Waals surface area contributed by atoms with E-state index < -0.39 is 6.10 Å². The van der Waals surface area contributed by atoms with Crippen molar-refractivity contribution in [3.05, 3.63) is 35.9 Å². The maximum Gasteiger partial charge on any atom is 0.223 e. The zero-order chi connectivity index (χ0) is 11.5. The predicted octanol–water partition coefficient (Wildman–Crippen LogP) is 1.29. The summed E-state index contributed by atoms with van der Waals surface area (Å²) in [4.78, 5) is 11.7. The average molecular weight is 219 g/mol. The molecule has 0 bridgehead atoms. The van der Waals surface area contributed by atoms with Crippen molar-refractivity contribution in [3.63, 3.8) is 0 Å². The monoisotopic (exact) mass is 219 g/mol. The largest absolute Gasteiger partial charge is 0.392 e. The Morgan fingerprint density at radius 2 is 2.19 bits per heavy atom. The summed E-state index contributed by atoms with van der Waals surface area (Å²) in [6.07, 6.45) is 0.452. The van der Waals surface area contributed by atoms with E-state index in [1.54, 1.807) is 6.92 Å². The number of hydrogen-bond acceptors (Lipinski definition) is 2. The molecule has 0 saturated heterocycles. The van der Waals surface area contributed by atoms with E-state index in [4.69, 9.17) is 5.11 Å². The third-order valence-corrected chi connectivity index (χ3v) is 2.93. The molecule has 1 aromatic carbocycles. The minimum atomic E-state index is -0.474. The lowest BCUT2D eigenvalue weighted by molar-refractivity contribution is -0.122. The van der Waals surface area contributed by atoms with Gasteiger partial charge in [-0.1, -0.05) is 30.3 Å². The highest BCUT2D eigenvalue weighted by Gasteiger charge is 2.43. The van der Waals surface area contributed by atoms with Crippen LogP contribution in [0.25, 0.3) is 0 Å². The van der Waals surface area contributed by atoms with Crippen LogP contribution in [-0.2, 0) is 4.79 Å². The van der Waals surface area contributed by atoms with Gasteiger partial charge in [0.1, 0.15) is 0 Å². The molecular weight excluding hydrogens is 202 g/mol. The minimum absolute atomic E-state index is 0.0646. The van der Waals surface area contributed by atoms with Gasteiger partial charge in [0.15, 0.2) is 0 Å². The summed E-state index contributed by atoms with van der Waals surface area (Å²) >= 11 is 0. The summed E-state index contributed by atoms with van der Waals surface area (Å²) < 4.78 is 0. The second-order valence-electron chi connectivity index (χ2n) is 4.45. The molecule has 86 valence electrons. The number of carbonyl (C=O) groups excluding carboxylic acids is 1. The van der Waals surface area contributed by atoms with Gasteiger partial charge < -0.3 is 10.4 Å². The summed E-state index contributed by atoms with van der Waals surface area (Å²) in [5.74, 6) is 0.533. The van der Waals surface area contributed by atoms with Gasteiger partial charge in [-0.05, 0) is 24.8 Å². The van der Waals surface area contributed by atoms with Crippen molar-refractivity contribution in [2.24, 2.45) is 5.92 Å². The van der Waals surface area contributed by atoms with Crippen LogP contribution in [0.1, 0.15) is 24.8 Å². The van der Waals surface area contributed by atoms with Crippen LogP contribution in [0.3, 0.4) is 0 Å². The van der Waals surface area contributed by atoms with Gasteiger partial charge in [0.25, 0.3) is 0 Å². The predicted molar refractivity (Wildman–Crippen MR) is 62.0 cm³/mol. The Morgan fingerprint density at radius 3 is 2.81 bits per heavy atom. The lowest BCUT2D eigenvalue weighted by Crippen LogP contribution is -2.31. The Labute approximate surface area is 95.5 Å². The van der Waals surface area contributed by atoms with E-state index in [1.165, 1.54) is 5.56 Å². The Hall–Kier alpha value is -1.35. The quantitative estimate of drug-likeness (QED) is 0.801. The maximum atomic E-state index is 11.7. The number of amides is 1. The van der Waals surface area contributed by atoms with Gasteiger partial charge >= 0.3 is 0 Å². The minimum Gasteiger partial charge on any atom is -0.392 e.